The molecule has 0 aliphatic rings. The third kappa shape index (κ3) is 3.08. The van der Waals surface area contributed by atoms with Gasteiger partial charge >= 0.3 is 6.01 Å². The van der Waals surface area contributed by atoms with Crippen LogP contribution in [-0.4, -0.2) is 25.0 Å². The largest absolute Gasteiger partial charge is 0.457 e. The summed E-state index contributed by atoms with van der Waals surface area (Å²) in [4.78, 5) is 7.67. The van der Waals surface area contributed by atoms with Crippen molar-refractivity contribution in [3.05, 3.63) is 59.4 Å². The predicted molar refractivity (Wildman–Crippen MR) is 77.2 cm³/mol. The van der Waals surface area contributed by atoms with Crippen molar-refractivity contribution in [2.24, 2.45) is 0 Å². The van der Waals surface area contributed by atoms with E-state index in [1.54, 1.807) is 17.8 Å². The van der Waals surface area contributed by atoms with E-state index in [4.69, 9.17) is 4.74 Å². The van der Waals surface area contributed by atoms with Crippen LogP contribution in [-0.2, 0) is 6.61 Å². The Morgan fingerprint density at radius 2 is 2.14 bits per heavy atom. The number of ether oxygens (including phenoxy) is 1. The summed E-state index contributed by atoms with van der Waals surface area (Å²) in [6.07, 6.45) is 2.85. The average molecular weight is 299 g/mol. The fourth-order valence-corrected chi connectivity index (χ4v) is 1.90. The highest BCUT2D eigenvalue weighted by atomic mass is 19.1. The van der Waals surface area contributed by atoms with Crippen molar-refractivity contribution in [1.29, 1.82) is 0 Å². The van der Waals surface area contributed by atoms with Gasteiger partial charge in [0.15, 0.2) is 5.82 Å². The van der Waals surface area contributed by atoms with E-state index >= 15 is 0 Å². The molecule has 1 aromatic carbocycles. The molecule has 0 N–H and O–H groups in total. The lowest BCUT2D eigenvalue weighted by Gasteiger charge is -2.02. The number of benzene rings is 1. The van der Waals surface area contributed by atoms with Crippen LogP contribution in [0.3, 0.4) is 0 Å². The fraction of sp³-hybridized carbons (Fsp3) is 0.200. The van der Waals surface area contributed by atoms with Gasteiger partial charge in [-0.3, -0.25) is 0 Å². The van der Waals surface area contributed by atoms with Crippen LogP contribution < -0.4 is 4.74 Å². The van der Waals surface area contributed by atoms with Crippen molar-refractivity contribution < 1.29 is 9.13 Å². The van der Waals surface area contributed by atoms with E-state index in [0.717, 1.165) is 17.4 Å². The SMILES string of the molecule is Cc1cccc(-n2cc(COc3ncc(F)c(C)n3)nn2)c1. The van der Waals surface area contributed by atoms with Gasteiger partial charge in [-0.25, -0.2) is 14.1 Å². The number of aryl methyl sites for hydroxylation is 2. The van der Waals surface area contributed by atoms with E-state index in [-0.39, 0.29) is 18.3 Å². The summed E-state index contributed by atoms with van der Waals surface area (Å²) in [5.74, 6) is -0.460. The van der Waals surface area contributed by atoms with Gasteiger partial charge in [-0.05, 0) is 31.5 Å². The highest BCUT2D eigenvalue weighted by Crippen LogP contribution is 2.11. The lowest BCUT2D eigenvalue weighted by molar-refractivity contribution is 0.274. The van der Waals surface area contributed by atoms with E-state index in [9.17, 15) is 4.39 Å². The van der Waals surface area contributed by atoms with Crippen LogP contribution in [0.25, 0.3) is 5.69 Å². The summed E-state index contributed by atoms with van der Waals surface area (Å²) in [7, 11) is 0. The average Bonchev–Trinajstić information content (AvgIpc) is 2.97. The maximum atomic E-state index is 13.1. The molecule has 0 unspecified atom stereocenters. The molecule has 0 saturated carbocycles. The lowest BCUT2D eigenvalue weighted by Crippen LogP contribution is -2.02. The molecule has 7 heteroatoms. The first-order chi connectivity index (χ1) is 10.6. The fourth-order valence-electron chi connectivity index (χ4n) is 1.90. The molecule has 3 aromatic rings. The Hall–Kier alpha value is -2.83. The first-order valence-electron chi connectivity index (χ1n) is 6.72. The van der Waals surface area contributed by atoms with Gasteiger partial charge in [0.1, 0.15) is 12.3 Å². The zero-order chi connectivity index (χ0) is 15.5. The molecular formula is C15H14FN5O. The summed E-state index contributed by atoms with van der Waals surface area (Å²) in [5.41, 5.74) is 2.94. The van der Waals surface area contributed by atoms with Crippen LogP contribution in [0.2, 0.25) is 0 Å². The molecule has 22 heavy (non-hydrogen) atoms. The first-order valence-corrected chi connectivity index (χ1v) is 6.72. The van der Waals surface area contributed by atoms with Crippen molar-refractivity contribution in [1.82, 2.24) is 25.0 Å². The zero-order valence-corrected chi connectivity index (χ0v) is 12.2. The molecule has 2 aromatic heterocycles. The second kappa shape index (κ2) is 5.88. The quantitative estimate of drug-likeness (QED) is 0.740. The molecule has 0 aliphatic heterocycles. The van der Waals surface area contributed by atoms with Crippen molar-refractivity contribution in [2.75, 3.05) is 0 Å². The molecule has 0 saturated heterocycles. The second-order valence-corrected chi connectivity index (χ2v) is 4.87. The van der Waals surface area contributed by atoms with Crippen LogP contribution in [0, 0.1) is 19.7 Å². The topological polar surface area (TPSA) is 65.7 Å². The van der Waals surface area contributed by atoms with Gasteiger partial charge in [0.2, 0.25) is 0 Å². The minimum absolute atomic E-state index is 0.115. The van der Waals surface area contributed by atoms with Gasteiger partial charge in [0.25, 0.3) is 0 Å². The molecule has 3 rings (SSSR count). The molecule has 0 radical (unpaired) electrons. The summed E-state index contributed by atoms with van der Waals surface area (Å²) in [5, 5.41) is 8.09. The third-order valence-corrected chi connectivity index (χ3v) is 3.05. The van der Waals surface area contributed by atoms with Crippen LogP contribution >= 0.6 is 0 Å². The third-order valence-electron chi connectivity index (χ3n) is 3.05. The van der Waals surface area contributed by atoms with Gasteiger partial charge in [-0.15, -0.1) is 5.10 Å². The van der Waals surface area contributed by atoms with Crippen molar-refractivity contribution in [3.8, 4) is 11.7 Å². The Bertz CT molecular complexity index is 802. The van der Waals surface area contributed by atoms with Crippen LogP contribution in [0.15, 0.2) is 36.7 Å². The molecule has 0 amide bonds. The van der Waals surface area contributed by atoms with Crippen molar-refractivity contribution >= 4 is 0 Å². The molecule has 6 nitrogen and oxygen atoms in total. The summed E-state index contributed by atoms with van der Waals surface area (Å²) >= 11 is 0. The molecule has 0 aliphatic carbocycles. The molecule has 112 valence electrons. The van der Waals surface area contributed by atoms with Gasteiger partial charge in [-0.2, -0.15) is 4.98 Å². The Morgan fingerprint density at radius 1 is 1.27 bits per heavy atom. The van der Waals surface area contributed by atoms with Gasteiger partial charge < -0.3 is 4.74 Å². The van der Waals surface area contributed by atoms with Gasteiger partial charge in [-0.1, -0.05) is 17.3 Å². The van der Waals surface area contributed by atoms with E-state index in [0.29, 0.717) is 5.69 Å². The van der Waals surface area contributed by atoms with Crippen molar-refractivity contribution in [3.63, 3.8) is 0 Å². The maximum Gasteiger partial charge on any atom is 0.317 e. The van der Waals surface area contributed by atoms with E-state index in [2.05, 4.69) is 20.3 Å². The Labute approximate surface area is 126 Å². The maximum absolute atomic E-state index is 13.1. The summed E-state index contributed by atoms with van der Waals surface area (Å²) < 4.78 is 20.1. The summed E-state index contributed by atoms with van der Waals surface area (Å²) in [6.45, 7) is 3.73. The number of hydrogen-bond acceptors (Lipinski definition) is 5. The molecule has 0 bridgehead atoms. The van der Waals surface area contributed by atoms with Gasteiger partial charge in [0.05, 0.1) is 23.8 Å². The second-order valence-electron chi connectivity index (χ2n) is 4.87. The number of halogens is 1. The highest BCUT2D eigenvalue weighted by Gasteiger charge is 2.07. The molecule has 0 atom stereocenters. The van der Waals surface area contributed by atoms with Crippen molar-refractivity contribution in [2.45, 2.75) is 20.5 Å². The number of aromatic nitrogens is 5. The number of nitrogens with zero attached hydrogens (tertiary/aromatic N) is 5. The smallest absolute Gasteiger partial charge is 0.317 e. The molecule has 0 spiro atoms. The van der Waals surface area contributed by atoms with Crippen LogP contribution in [0.1, 0.15) is 17.0 Å². The normalized spacial score (nSPS) is 10.7. The Morgan fingerprint density at radius 3 is 2.91 bits per heavy atom. The zero-order valence-electron chi connectivity index (χ0n) is 12.2. The lowest BCUT2D eigenvalue weighted by atomic mass is 10.2. The Kier molecular flexibility index (Phi) is 3.78. The van der Waals surface area contributed by atoms with Crippen LogP contribution in [0.5, 0.6) is 6.01 Å². The number of hydrogen-bond donors (Lipinski definition) is 0. The van der Waals surface area contributed by atoms with E-state index < -0.39 is 5.82 Å². The standard InChI is InChI=1S/C15H14FN5O/c1-10-4-3-5-13(6-10)21-8-12(19-20-21)9-22-15-17-7-14(16)11(2)18-15/h3-8H,9H2,1-2H3. The highest BCUT2D eigenvalue weighted by molar-refractivity contribution is 5.34. The molecule has 2 heterocycles. The Balaban J connectivity index is 1.70. The first kappa shape index (κ1) is 14.1. The predicted octanol–water partition coefficient (Wildman–Crippen LogP) is 2.39. The monoisotopic (exact) mass is 299 g/mol. The minimum Gasteiger partial charge on any atom is -0.457 e. The van der Waals surface area contributed by atoms with Gasteiger partial charge in [0, 0.05) is 0 Å². The van der Waals surface area contributed by atoms with E-state index in [1.165, 1.54) is 0 Å². The summed E-state index contributed by atoms with van der Waals surface area (Å²) in [6, 6.07) is 8.03. The number of rotatable bonds is 4. The minimum atomic E-state index is -0.460. The molecule has 0 fully saturated rings. The molecular weight excluding hydrogens is 285 g/mol. The van der Waals surface area contributed by atoms with E-state index in [1.807, 2.05) is 31.2 Å². The van der Waals surface area contributed by atoms with Crippen LogP contribution in [0.4, 0.5) is 4.39 Å².